The van der Waals surface area contributed by atoms with Gasteiger partial charge in [0.2, 0.25) is 10.0 Å². The standard InChI is InChI=1S/C13H16BrClN2O2S2/c1-13(12(16)20)4-6-17(7-5-13)21(18,19)11-3-2-9(14)8-10(11)15/h2-3,8H,4-7H2,1H3,(H2,16,20). The molecule has 1 fully saturated rings. The smallest absolute Gasteiger partial charge is 0.244 e. The first kappa shape index (κ1) is 17.1. The van der Waals surface area contributed by atoms with Gasteiger partial charge in [-0.1, -0.05) is 46.7 Å². The lowest BCUT2D eigenvalue weighted by Crippen LogP contribution is -2.46. The van der Waals surface area contributed by atoms with Crippen molar-refractivity contribution in [3.8, 4) is 0 Å². The third-order valence-corrected chi connectivity index (χ3v) is 7.30. The van der Waals surface area contributed by atoms with Crippen LogP contribution in [0.15, 0.2) is 27.6 Å². The Bertz CT molecular complexity index is 671. The maximum Gasteiger partial charge on any atom is 0.244 e. The molecule has 2 rings (SSSR count). The summed E-state index contributed by atoms with van der Waals surface area (Å²) in [7, 11) is -3.59. The highest BCUT2D eigenvalue weighted by molar-refractivity contribution is 9.10. The maximum atomic E-state index is 12.7. The van der Waals surface area contributed by atoms with Crippen LogP contribution in [0.2, 0.25) is 5.02 Å². The Kier molecular flexibility index (Phi) is 5.00. The van der Waals surface area contributed by atoms with Crippen molar-refractivity contribution in [1.29, 1.82) is 0 Å². The van der Waals surface area contributed by atoms with E-state index in [0.717, 1.165) is 4.47 Å². The Morgan fingerprint density at radius 2 is 2.00 bits per heavy atom. The molecular weight excluding hydrogens is 396 g/mol. The van der Waals surface area contributed by atoms with Crippen LogP contribution in [-0.4, -0.2) is 30.8 Å². The molecule has 1 aromatic carbocycles. The fraction of sp³-hybridized carbons (Fsp3) is 0.462. The Morgan fingerprint density at radius 1 is 1.43 bits per heavy atom. The fourth-order valence-corrected chi connectivity index (χ4v) is 4.95. The molecule has 0 saturated carbocycles. The molecule has 21 heavy (non-hydrogen) atoms. The first-order valence-corrected chi connectivity index (χ1v) is 9.44. The van der Waals surface area contributed by atoms with Crippen LogP contribution in [0.5, 0.6) is 0 Å². The van der Waals surface area contributed by atoms with E-state index in [9.17, 15) is 8.42 Å². The number of halogens is 2. The van der Waals surface area contributed by atoms with Crippen molar-refractivity contribution in [2.45, 2.75) is 24.7 Å². The molecule has 0 aromatic heterocycles. The van der Waals surface area contributed by atoms with E-state index in [1.165, 1.54) is 10.4 Å². The van der Waals surface area contributed by atoms with Crippen LogP contribution in [-0.2, 0) is 10.0 Å². The monoisotopic (exact) mass is 410 g/mol. The van der Waals surface area contributed by atoms with Crippen LogP contribution >= 0.6 is 39.7 Å². The van der Waals surface area contributed by atoms with Crippen LogP contribution < -0.4 is 5.73 Å². The Morgan fingerprint density at radius 3 is 2.48 bits per heavy atom. The molecule has 4 nitrogen and oxygen atoms in total. The largest absolute Gasteiger partial charge is 0.393 e. The summed E-state index contributed by atoms with van der Waals surface area (Å²) < 4.78 is 27.5. The van der Waals surface area contributed by atoms with Gasteiger partial charge in [0.25, 0.3) is 0 Å². The summed E-state index contributed by atoms with van der Waals surface area (Å²) in [5.41, 5.74) is 5.47. The average molecular weight is 412 g/mol. The van der Waals surface area contributed by atoms with E-state index < -0.39 is 10.0 Å². The minimum absolute atomic E-state index is 0.131. The van der Waals surface area contributed by atoms with E-state index in [1.807, 2.05) is 6.92 Å². The maximum absolute atomic E-state index is 12.7. The molecule has 8 heteroatoms. The predicted molar refractivity (Wildman–Crippen MR) is 92.0 cm³/mol. The first-order chi connectivity index (χ1) is 9.67. The SMILES string of the molecule is CC1(C(N)=S)CCN(S(=O)(=O)c2ccc(Br)cc2Cl)CC1. The second kappa shape index (κ2) is 6.12. The minimum atomic E-state index is -3.59. The number of rotatable bonds is 3. The van der Waals surface area contributed by atoms with Crippen molar-refractivity contribution in [3.05, 3.63) is 27.7 Å². The van der Waals surface area contributed by atoms with Gasteiger partial charge in [-0.25, -0.2) is 8.42 Å². The summed E-state index contributed by atoms with van der Waals surface area (Å²) in [6.07, 6.45) is 1.24. The molecule has 0 unspecified atom stereocenters. The normalized spacial score (nSPS) is 19.4. The number of nitrogens with two attached hydrogens (primary N) is 1. The van der Waals surface area contributed by atoms with Gasteiger partial charge in [0.15, 0.2) is 0 Å². The van der Waals surface area contributed by atoms with Gasteiger partial charge >= 0.3 is 0 Å². The molecule has 1 aliphatic rings. The summed E-state index contributed by atoms with van der Waals surface area (Å²) in [5, 5.41) is 0.215. The minimum Gasteiger partial charge on any atom is -0.393 e. The van der Waals surface area contributed by atoms with Gasteiger partial charge in [-0.15, -0.1) is 0 Å². The third-order valence-electron chi connectivity index (χ3n) is 3.93. The first-order valence-electron chi connectivity index (χ1n) is 6.42. The molecule has 2 N–H and O–H groups in total. The quantitative estimate of drug-likeness (QED) is 0.776. The van der Waals surface area contributed by atoms with Crippen LogP contribution in [0.1, 0.15) is 19.8 Å². The number of piperidine rings is 1. The lowest BCUT2D eigenvalue weighted by Gasteiger charge is -2.38. The summed E-state index contributed by atoms with van der Waals surface area (Å²) in [6.45, 7) is 2.76. The second-order valence-electron chi connectivity index (χ2n) is 5.40. The molecule has 0 amide bonds. The zero-order chi connectivity index (χ0) is 15.8. The van der Waals surface area contributed by atoms with Gasteiger partial charge in [-0.2, -0.15) is 4.31 Å². The zero-order valence-corrected chi connectivity index (χ0v) is 15.4. The Hall–Kier alpha value is -0.210. The Balaban J connectivity index is 2.25. The molecule has 0 bridgehead atoms. The topological polar surface area (TPSA) is 63.4 Å². The number of benzene rings is 1. The van der Waals surface area contributed by atoms with Crippen LogP contribution in [0.25, 0.3) is 0 Å². The lowest BCUT2D eigenvalue weighted by molar-refractivity contribution is 0.244. The highest BCUT2D eigenvalue weighted by Gasteiger charge is 2.37. The van der Waals surface area contributed by atoms with Crippen molar-refractivity contribution in [3.63, 3.8) is 0 Å². The number of hydrogen-bond acceptors (Lipinski definition) is 3. The Labute approximate surface area is 143 Å². The van der Waals surface area contributed by atoms with Crippen molar-refractivity contribution in [1.82, 2.24) is 4.31 Å². The third kappa shape index (κ3) is 3.42. The molecule has 1 saturated heterocycles. The summed E-state index contributed by atoms with van der Waals surface area (Å²) in [6, 6.07) is 4.77. The molecule has 0 radical (unpaired) electrons. The molecule has 0 aliphatic carbocycles. The summed E-state index contributed by atoms with van der Waals surface area (Å²) in [5.74, 6) is 0. The van der Waals surface area contributed by atoms with Gasteiger partial charge < -0.3 is 5.73 Å². The molecule has 1 heterocycles. The van der Waals surface area contributed by atoms with E-state index in [4.69, 9.17) is 29.6 Å². The molecular formula is C13H16BrClN2O2S2. The highest BCUT2D eigenvalue weighted by atomic mass is 79.9. The molecule has 0 atom stereocenters. The lowest BCUT2D eigenvalue weighted by atomic mass is 9.81. The van der Waals surface area contributed by atoms with Crippen molar-refractivity contribution >= 4 is 54.8 Å². The van der Waals surface area contributed by atoms with E-state index in [1.54, 1.807) is 12.1 Å². The highest BCUT2D eigenvalue weighted by Crippen LogP contribution is 2.35. The van der Waals surface area contributed by atoms with Gasteiger partial charge in [0, 0.05) is 23.0 Å². The van der Waals surface area contributed by atoms with Crippen LogP contribution in [0.4, 0.5) is 0 Å². The summed E-state index contributed by atoms with van der Waals surface area (Å²) in [4.78, 5) is 0.576. The van der Waals surface area contributed by atoms with Crippen LogP contribution in [0, 0.1) is 5.41 Å². The number of nitrogens with zero attached hydrogens (tertiary/aromatic N) is 1. The molecule has 1 aliphatic heterocycles. The predicted octanol–water partition coefficient (Wildman–Crippen LogP) is 3.18. The van der Waals surface area contributed by atoms with Gasteiger partial charge in [0.05, 0.1) is 10.0 Å². The van der Waals surface area contributed by atoms with Crippen LogP contribution in [0.3, 0.4) is 0 Å². The molecule has 0 spiro atoms. The van der Waals surface area contributed by atoms with Crippen molar-refractivity contribution in [2.24, 2.45) is 11.1 Å². The number of sulfonamides is 1. The zero-order valence-electron chi connectivity index (χ0n) is 11.5. The fourth-order valence-electron chi connectivity index (χ4n) is 2.29. The summed E-state index contributed by atoms with van der Waals surface area (Å²) >= 11 is 14.4. The second-order valence-corrected chi connectivity index (χ2v) is 9.07. The number of hydrogen-bond donors (Lipinski definition) is 1. The van der Waals surface area contributed by atoms with E-state index in [2.05, 4.69) is 15.9 Å². The molecule has 1 aromatic rings. The molecule has 116 valence electrons. The van der Waals surface area contributed by atoms with Crippen molar-refractivity contribution in [2.75, 3.05) is 13.1 Å². The van der Waals surface area contributed by atoms with E-state index in [-0.39, 0.29) is 15.3 Å². The average Bonchev–Trinajstić information content (AvgIpc) is 2.38. The number of thiocarbonyl (C=S) groups is 1. The van der Waals surface area contributed by atoms with Gasteiger partial charge in [0.1, 0.15) is 4.90 Å². The van der Waals surface area contributed by atoms with Gasteiger partial charge in [-0.05, 0) is 31.0 Å². The van der Waals surface area contributed by atoms with E-state index in [0.29, 0.717) is 30.9 Å². The van der Waals surface area contributed by atoms with Gasteiger partial charge in [-0.3, -0.25) is 0 Å². The van der Waals surface area contributed by atoms with E-state index >= 15 is 0 Å². The van der Waals surface area contributed by atoms with Crippen molar-refractivity contribution < 1.29 is 8.42 Å².